The molecule has 88 valence electrons. The Balaban J connectivity index is 2.91. The lowest BCUT2D eigenvalue weighted by atomic mass is 10.0. The molecule has 3 nitrogen and oxygen atoms in total. The highest BCUT2D eigenvalue weighted by atomic mass is 16.5. The first-order chi connectivity index (χ1) is 8.21. The van der Waals surface area contributed by atoms with Gasteiger partial charge in [-0.25, -0.2) is 0 Å². The molecule has 0 saturated carbocycles. The number of aldehydes is 1. The van der Waals surface area contributed by atoms with Crippen LogP contribution in [0.4, 0.5) is 0 Å². The number of benzene rings is 2. The Morgan fingerprint density at radius 3 is 2.35 bits per heavy atom. The summed E-state index contributed by atoms with van der Waals surface area (Å²) >= 11 is 0. The van der Waals surface area contributed by atoms with Crippen molar-refractivity contribution >= 4 is 17.1 Å². The van der Waals surface area contributed by atoms with Gasteiger partial charge in [0.25, 0.3) is 0 Å². The minimum atomic E-state index is 0.582. The van der Waals surface area contributed by atoms with Crippen LogP contribution in [-0.4, -0.2) is 20.5 Å². The molecule has 2 aromatic rings. The molecule has 0 amide bonds. The maximum atomic E-state index is 10.9. The topological polar surface area (TPSA) is 35.5 Å². The van der Waals surface area contributed by atoms with Crippen LogP contribution in [0.1, 0.15) is 15.9 Å². The van der Waals surface area contributed by atoms with Crippen molar-refractivity contribution in [2.45, 2.75) is 6.92 Å². The number of carbonyl (C=O) groups is 1. The van der Waals surface area contributed by atoms with Gasteiger partial charge in [0.15, 0.2) is 0 Å². The van der Waals surface area contributed by atoms with Gasteiger partial charge >= 0.3 is 0 Å². The average Bonchev–Trinajstić information content (AvgIpc) is 2.37. The van der Waals surface area contributed by atoms with E-state index in [0.29, 0.717) is 11.3 Å². The monoisotopic (exact) mass is 230 g/mol. The third-order valence-corrected chi connectivity index (χ3v) is 2.84. The van der Waals surface area contributed by atoms with Gasteiger partial charge in [0.05, 0.1) is 14.2 Å². The van der Waals surface area contributed by atoms with Crippen LogP contribution in [0, 0.1) is 6.92 Å². The molecule has 0 spiro atoms. The summed E-state index contributed by atoms with van der Waals surface area (Å²) in [6, 6.07) is 7.43. The van der Waals surface area contributed by atoms with E-state index in [1.54, 1.807) is 20.3 Å². The van der Waals surface area contributed by atoms with Crippen LogP contribution < -0.4 is 9.47 Å². The van der Waals surface area contributed by atoms with Crippen molar-refractivity contribution in [1.29, 1.82) is 0 Å². The molecule has 0 saturated heterocycles. The van der Waals surface area contributed by atoms with Crippen molar-refractivity contribution in [3.63, 3.8) is 0 Å². The molecule has 0 aliphatic rings. The van der Waals surface area contributed by atoms with E-state index in [1.165, 1.54) is 0 Å². The van der Waals surface area contributed by atoms with Gasteiger partial charge in [0.2, 0.25) is 0 Å². The number of hydrogen-bond donors (Lipinski definition) is 0. The SMILES string of the molecule is COc1ccc(C)c2c(OC)cc(C=O)cc12. The lowest BCUT2D eigenvalue weighted by molar-refractivity contribution is 0.112. The third kappa shape index (κ3) is 1.84. The Labute approximate surface area is 100.0 Å². The number of carbonyl (C=O) groups excluding carboxylic acids is 1. The average molecular weight is 230 g/mol. The molecule has 3 heteroatoms. The fourth-order valence-electron chi connectivity index (χ4n) is 2.02. The molecule has 0 aromatic heterocycles. The standard InChI is InChI=1S/C14H14O3/c1-9-4-5-12(16-2)11-6-10(8-15)7-13(17-3)14(9)11/h4-8H,1-3H3. The van der Waals surface area contributed by atoms with Crippen molar-refractivity contribution < 1.29 is 14.3 Å². The highest BCUT2D eigenvalue weighted by molar-refractivity contribution is 5.99. The zero-order chi connectivity index (χ0) is 12.4. The van der Waals surface area contributed by atoms with Gasteiger partial charge in [-0.15, -0.1) is 0 Å². The predicted molar refractivity (Wildman–Crippen MR) is 67.2 cm³/mol. The molecule has 0 heterocycles. The van der Waals surface area contributed by atoms with Gasteiger partial charge in [-0.1, -0.05) is 6.07 Å². The van der Waals surface area contributed by atoms with Crippen LogP contribution in [0.5, 0.6) is 11.5 Å². The van der Waals surface area contributed by atoms with Gasteiger partial charge in [-0.3, -0.25) is 4.79 Å². The zero-order valence-electron chi connectivity index (χ0n) is 10.1. The summed E-state index contributed by atoms with van der Waals surface area (Å²) in [6.45, 7) is 2.00. The van der Waals surface area contributed by atoms with E-state index < -0.39 is 0 Å². The zero-order valence-corrected chi connectivity index (χ0v) is 10.1. The van der Waals surface area contributed by atoms with E-state index in [9.17, 15) is 4.79 Å². The minimum absolute atomic E-state index is 0.582. The van der Waals surface area contributed by atoms with Crippen LogP contribution in [0.2, 0.25) is 0 Å². The van der Waals surface area contributed by atoms with Crippen LogP contribution >= 0.6 is 0 Å². The van der Waals surface area contributed by atoms with E-state index in [0.717, 1.165) is 28.4 Å². The first kappa shape index (κ1) is 11.5. The van der Waals surface area contributed by atoms with Crippen LogP contribution in [0.15, 0.2) is 24.3 Å². The Morgan fingerprint density at radius 2 is 1.76 bits per heavy atom. The van der Waals surface area contributed by atoms with Gasteiger partial charge in [-0.2, -0.15) is 0 Å². The quantitative estimate of drug-likeness (QED) is 0.760. The highest BCUT2D eigenvalue weighted by Crippen LogP contribution is 2.35. The van der Waals surface area contributed by atoms with Gasteiger partial charge in [0, 0.05) is 16.3 Å². The third-order valence-electron chi connectivity index (χ3n) is 2.84. The smallest absolute Gasteiger partial charge is 0.150 e. The number of aryl methyl sites for hydroxylation is 1. The second-order valence-corrected chi connectivity index (χ2v) is 3.85. The first-order valence-corrected chi connectivity index (χ1v) is 5.31. The number of ether oxygens (including phenoxy) is 2. The molecule has 0 aliphatic carbocycles. The van der Waals surface area contributed by atoms with Crippen molar-refractivity contribution in [3.05, 3.63) is 35.4 Å². The molecular formula is C14H14O3. The number of methoxy groups -OCH3 is 2. The van der Waals surface area contributed by atoms with Gasteiger partial charge in [0.1, 0.15) is 17.8 Å². The van der Waals surface area contributed by atoms with Crippen molar-refractivity contribution in [2.24, 2.45) is 0 Å². The molecule has 0 bridgehead atoms. The largest absolute Gasteiger partial charge is 0.496 e. The molecule has 0 unspecified atom stereocenters. The minimum Gasteiger partial charge on any atom is -0.496 e. The summed E-state index contributed by atoms with van der Waals surface area (Å²) in [5.41, 5.74) is 1.67. The predicted octanol–water partition coefficient (Wildman–Crippen LogP) is 2.98. The molecule has 0 N–H and O–H groups in total. The van der Waals surface area contributed by atoms with E-state index >= 15 is 0 Å². The van der Waals surface area contributed by atoms with Gasteiger partial charge in [-0.05, 0) is 30.7 Å². The molecule has 0 fully saturated rings. The Morgan fingerprint density at radius 1 is 1.06 bits per heavy atom. The molecule has 17 heavy (non-hydrogen) atoms. The highest BCUT2D eigenvalue weighted by Gasteiger charge is 2.11. The van der Waals surface area contributed by atoms with Crippen molar-refractivity contribution in [2.75, 3.05) is 14.2 Å². The van der Waals surface area contributed by atoms with Crippen molar-refractivity contribution in [3.8, 4) is 11.5 Å². The second kappa shape index (κ2) is 4.45. The maximum Gasteiger partial charge on any atom is 0.150 e. The molecular weight excluding hydrogens is 216 g/mol. The van der Waals surface area contributed by atoms with E-state index in [4.69, 9.17) is 9.47 Å². The van der Waals surface area contributed by atoms with Crippen LogP contribution in [-0.2, 0) is 0 Å². The summed E-state index contributed by atoms with van der Waals surface area (Å²) in [4.78, 5) is 10.9. The number of fused-ring (bicyclic) bond motifs is 1. The summed E-state index contributed by atoms with van der Waals surface area (Å²) in [6.07, 6.45) is 0.809. The summed E-state index contributed by atoms with van der Waals surface area (Å²) in [5, 5.41) is 1.88. The van der Waals surface area contributed by atoms with Gasteiger partial charge < -0.3 is 9.47 Å². The van der Waals surface area contributed by atoms with Crippen molar-refractivity contribution in [1.82, 2.24) is 0 Å². The maximum absolute atomic E-state index is 10.9. The Bertz CT molecular complexity index is 573. The molecule has 0 radical (unpaired) electrons. The Hall–Kier alpha value is -2.03. The molecule has 2 aromatic carbocycles. The second-order valence-electron chi connectivity index (χ2n) is 3.85. The van der Waals surface area contributed by atoms with Crippen LogP contribution in [0.25, 0.3) is 10.8 Å². The fraction of sp³-hybridized carbons (Fsp3) is 0.214. The normalized spacial score (nSPS) is 10.3. The fourth-order valence-corrected chi connectivity index (χ4v) is 2.02. The Kier molecular flexibility index (Phi) is 3.00. The molecule has 0 atom stereocenters. The lowest BCUT2D eigenvalue weighted by Crippen LogP contribution is -1.93. The number of rotatable bonds is 3. The van der Waals surface area contributed by atoms with E-state index in [1.807, 2.05) is 25.1 Å². The number of hydrogen-bond acceptors (Lipinski definition) is 3. The lowest BCUT2D eigenvalue weighted by Gasteiger charge is -2.12. The summed E-state index contributed by atoms with van der Waals surface area (Å²) < 4.78 is 10.6. The van der Waals surface area contributed by atoms with E-state index in [-0.39, 0.29) is 0 Å². The molecule has 0 aliphatic heterocycles. The molecule has 2 rings (SSSR count). The van der Waals surface area contributed by atoms with Crippen LogP contribution in [0.3, 0.4) is 0 Å². The van der Waals surface area contributed by atoms with E-state index in [2.05, 4.69) is 0 Å². The summed E-state index contributed by atoms with van der Waals surface area (Å²) in [7, 11) is 3.21. The first-order valence-electron chi connectivity index (χ1n) is 5.31. The summed E-state index contributed by atoms with van der Waals surface area (Å²) in [5.74, 6) is 1.44.